The van der Waals surface area contributed by atoms with Crippen molar-refractivity contribution in [2.45, 2.75) is 45.9 Å². The Hall–Kier alpha value is -4.77. The Labute approximate surface area is 234 Å². The van der Waals surface area contributed by atoms with Gasteiger partial charge < -0.3 is 24.1 Å². The van der Waals surface area contributed by atoms with Gasteiger partial charge >= 0.3 is 12.1 Å². The van der Waals surface area contributed by atoms with Crippen LogP contribution in [0.3, 0.4) is 0 Å². The van der Waals surface area contributed by atoms with E-state index in [9.17, 15) is 9.59 Å². The van der Waals surface area contributed by atoms with Crippen molar-refractivity contribution in [3.05, 3.63) is 101 Å². The number of amides is 1. The summed E-state index contributed by atoms with van der Waals surface area (Å²) < 4.78 is 18.4. The summed E-state index contributed by atoms with van der Waals surface area (Å²) in [5.74, 6) is 0.334. The summed E-state index contributed by atoms with van der Waals surface area (Å²) in [5.41, 5.74) is 4.53. The zero-order valence-electron chi connectivity index (χ0n) is 23.2. The second kappa shape index (κ2) is 12.4. The van der Waals surface area contributed by atoms with Crippen molar-refractivity contribution in [2.75, 3.05) is 13.7 Å². The predicted octanol–water partition coefficient (Wildman–Crippen LogP) is 5.99. The minimum Gasteiger partial charge on any atom is -0.489 e. The van der Waals surface area contributed by atoms with Gasteiger partial charge in [0.2, 0.25) is 0 Å². The molecule has 4 rings (SSSR count). The van der Waals surface area contributed by atoms with Crippen LogP contribution in [0, 0.1) is 11.3 Å². The molecule has 0 saturated carbocycles. The Balaban J connectivity index is 1.56. The molecule has 0 unspecified atom stereocenters. The van der Waals surface area contributed by atoms with Gasteiger partial charge in [0.25, 0.3) is 0 Å². The number of methoxy groups -OCH3 is 1. The van der Waals surface area contributed by atoms with Crippen molar-refractivity contribution in [2.24, 2.45) is 0 Å². The van der Waals surface area contributed by atoms with E-state index < -0.39 is 11.7 Å². The summed E-state index contributed by atoms with van der Waals surface area (Å²) >= 11 is 0. The lowest BCUT2D eigenvalue weighted by molar-refractivity contribution is 0.0527. The third-order valence-electron chi connectivity index (χ3n) is 6.19. The normalized spacial score (nSPS) is 11.1. The molecule has 0 fully saturated rings. The van der Waals surface area contributed by atoms with Gasteiger partial charge in [0.05, 0.1) is 24.3 Å². The second-order valence-electron chi connectivity index (χ2n) is 10.4. The number of fused-ring (bicyclic) bond motifs is 1. The number of aromatic nitrogens is 1. The maximum atomic E-state index is 12.2. The Kier molecular flexibility index (Phi) is 8.75. The Morgan fingerprint density at radius 1 is 1.00 bits per heavy atom. The lowest BCUT2D eigenvalue weighted by atomic mass is 10.1. The van der Waals surface area contributed by atoms with Gasteiger partial charge in [-0.25, -0.2) is 9.59 Å². The molecule has 4 aromatic rings. The fraction of sp³-hybridized carbons (Fsp3) is 0.281. The Bertz CT molecular complexity index is 1540. The van der Waals surface area contributed by atoms with Crippen LogP contribution < -0.4 is 10.1 Å². The number of benzene rings is 3. The van der Waals surface area contributed by atoms with Gasteiger partial charge in [0.1, 0.15) is 18.0 Å². The average molecular weight is 540 g/mol. The molecule has 0 bridgehead atoms. The number of nitriles is 1. The number of rotatable bonds is 9. The number of hydrogen-bond donors (Lipinski definition) is 1. The van der Waals surface area contributed by atoms with Crippen molar-refractivity contribution >= 4 is 23.0 Å². The predicted molar refractivity (Wildman–Crippen MR) is 152 cm³/mol. The van der Waals surface area contributed by atoms with E-state index in [1.54, 1.807) is 18.2 Å². The molecule has 0 atom stereocenters. The number of carbonyl (C=O) groups is 2. The molecule has 0 aliphatic carbocycles. The monoisotopic (exact) mass is 539 g/mol. The first-order chi connectivity index (χ1) is 19.1. The third-order valence-corrected chi connectivity index (χ3v) is 6.19. The summed E-state index contributed by atoms with van der Waals surface area (Å²) in [4.78, 5) is 24.0. The van der Waals surface area contributed by atoms with Gasteiger partial charge in [-0.1, -0.05) is 24.3 Å². The highest BCUT2D eigenvalue weighted by Gasteiger charge is 2.16. The maximum Gasteiger partial charge on any atom is 0.407 e. The number of nitrogens with zero attached hydrogens (tertiary/aromatic N) is 2. The number of hydrogen-bond acceptors (Lipinski definition) is 6. The minimum atomic E-state index is -0.567. The van der Waals surface area contributed by atoms with Crippen LogP contribution in [-0.2, 0) is 29.0 Å². The van der Waals surface area contributed by atoms with E-state index in [2.05, 4.69) is 22.1 Å². The number of nitrogens with one attached hydrogen (secondary N) is 1. The van der Waals surface area contributed by atoms with Crippen LogP contribution in [0.1, 0.15) is 53.4 Å². The molecule has 0 radical (unpaired) electrons. The lowest BCUT2D eigenvalue weighted by Crippen LogP contribution is -2.33. The van der Waals surface area contributed by atoms with E-state index in [4.69, 9.17) is 19.5 Å². The standard InChI is InChI=1S/C32H33N3O5/c1-32(2,3)40-31(37)34-15-14-26-20-35(19-22-8-10-25(11-9-22)30(36)38-4)29-13-12-27(17-28(26)29)39-21-24-7-5-6-23(16-24)18-33/h5-13,16-17,20H,14-15,19,21H2,1-4H3,(H,34,37). The first kappa shape index (κ1) is 28.2. The van der Waals surface area contributed by atoms with Crippen LogP contribution in [0.2, 0.25) is 0 Å². The van der Waals surface area contributed by atoms with E-state index in [0.717, 1.165) is 27.6 Å². The van der Waals surface area contributed by atoms with Gasteiger partial charge in [-0.15, -0.1) is 0 Å². The van der Waals surface area contributed by atoms with Crippen LogP contribution in [-0.4, -0.2) is 35.9 Å². The molecule has 206 valence electrons. The van der Waals surface area contributed by atoms with Crippen molar-refractivity contribution in [3.63, 3.8) is 0 Å². The Morgan fingerprint density at radius 2 is 1.77 bits per heavy atom. The lowest BCUT2D eigenvalue weighted by Gasteiger charge is -2.19. The first-order valence-electron chi connectivity index (χ1n) is 13.0. The molecule has 1 N–H and O–H groups in total. The van der Waals surface area contributed by atoms with E-state index >= 15 is 0 Å². The van der Waals surface area contributed by atoms with Gasteiger partial charge in [-0.2, -0.15) is 5.26 Å². The molecule has 8 nitrogen and oxygen atoms in total. The van der Waals surface area contributed by atoms with Gasteiger partial charge in [-0.05, 0) is 86.3 Å². The van der Waals surface area contributed by atoms with Crippen molar-refractivity contribution in [1.82, 2.24) is 9.88 Å². The van der Waals surface area contributed by atoms with Crippen molar-refractivity contribution in [3.8, 4) is 11.8 Å². The zero-order chi connectivity index (χ0) is 28.7. The molecule has 0 aliphatic rings. The topological polar surface area (TPSA) is 103 Å². The zero-order valence-corrected chi connectivity index (χ0v) is 23.2. The van der Waals surface area contributed by atoms with Crippen molar-refractivity contribution in [1.29, 1.82) is 5.26 Å². The average Bonchev–Trinajstić information content (AvgIpc) is 3.27. The summed E-state index contributed by atoms with van der Waals surface area (Å²) in [6.07, 6.45) is 2.22. The summed E-state index contributed by atoms with van der Waals surface area (Å²) in [5, 5.41) is 13.0. The molecule has 40 heavy (non-hydrogen) atoms. The fourth-order valence-corrected chi connectivity index (χ4v) is 4.34. The van der Waals surface area contributed by atoms with E-state index in [-0.39, 0.29) is 5.97 Å². The fourth-order valence-electron chi connectivity index (χ4n) is 4.34. The highest BCUT2D eigenvalue weighted by molar-refractivity contribution is 5.89. The van der Waals surface area contributed by atoms with Gasteiger partial charge in [-0.3, -0.25) is 0 Å². The number of ether oxygens (including phenoxy) is 3. The maximum absolute atomic E-state index is 12.2. The molecule has 1 amide bonds. The molecule has 0 saturated heterocycles. The van der Waals surface area contributed by atoms with Crippen LogP contribution in [0.4, 0.5) is 4.79 Å². The highest BCUT2D eigenvalue weighted by atomic mass is 16.6. The van der Waals surface area contributed by atoms with Crippen LogP contribution in [0.5, 0.6) is 5.75 Å². The van der Waals surface area contributed by atoms with Gasteiger partial charge in [0.15, 0.2) is 0 Å². The van der Waals surface area contributed by atoms with Crippen molar-refractivity contribution < 1.29 is 23.8 Å². The smallest absolute Gasteiger partial charge is 0.407 e. The van der Waals surface area contributed by atoms with Crippen LogP contribution in [0.15, 0.2) is 72.9 Å². The third kappa shape index (κ3) is 7.41. The first-order valence-corrected chi connectivity index (χ1v) is 13.0. The molecule has 0 spiro atoms. The molecule has 1 aromatic heterocycles. The SMILES string of the molecule is COC(=O)c1ccc(Cn2cc(CCNC(=O)OC(C)(C)C)c3cc(OCc4cccc(C#N)c4)ccc32)cc1. The van der Waals surface area contributed by atoms with Gasteiger partial charge in [0, 0.05) is 30.2 Å². The summed E-state index contributed by atoms with van der Waals surface area (Å²) in [6.45, 7) is 6.83. The molecular weight excluding hydrogens is 506 g/mol. The van der Waals surface area contributed by atoms with Crippen LogP contribution in [0.25, 0.3) is 10.9 Å². The number of carbonyl (C=O) groups excluding carboxylic acids is 2. The second-order valence-corrected chi connectivity index (χ2v) is 10.4. The Morgan fingerprint density at radius 3 is 2.48 bits per heavy atom. The summed E-state index contributed by atoms with van der Waals surface area (Å²) in [7, 11) is 1.36. The number of alkyl carbamates (subject to hydrolysis) is 1. The molecule has 1 heterocycles. The summed E-state index contributed by atoms with van der Waals surface area (Å²) in [6, 6.07) is 22.8. The molecule has 0 aliphatic heterocycles. The number of esters is 1. The van der Waals surface area contributed by atoms with E-state index in [0.29, 0.717) is 43.0 Å². The van der Waals surface area contributed by atoms with Crippen LogP contribution >= 0.6 is 0 Å². The van der Waals surface area contributed by atoms with E-state index in [1.165, 1.54) is 7.11 Å². The largest absolute Gasteiger partial charge is 0.489 e. The minimum absolute atomic E-state index is 0.337. The quantitative estimate of drug-likeness (QED) is 0.262. The molecule has 3 aromatic carbocycles. The highest BCUT2D eigenvalue weighted by Crippen LogP contribution is 2.28. The van der Waals surface area contributed by atoms with E-state index in [1.807, 2.05) is 69.3 Å². The molecular formula is C32H33N3O5. The molecule has 8 heteroatoms.